The van der Waals surface area contributed by atoms with Crippen molar-refractivity contribution in [1.82, 2.24) is 10.6 Å². The fourth-order valence-electron chi connectivity index (χ4n) is 1.27. The largest absolute Gasteiger partial charge is 0.319 e. The van der Waals surface area contributed by atoms with E-state index in [1.54, 1.807) is 0 Å². The molecule has 0 saturated heterocycles. The number of hydrogen-bond acceptors (Lipinski definition) is 2. The summed E-state index contributed by atoms with van der Waals surface area (Å²) in [7, 11) is 2.01. The summed E-state index contributed by atoms with van der Waals surface area (Å²) in [6.07, 6.45) is 0. The average molecular weight is 200 g/mol. The molecule has 86 valence electrons. The van der Waals surface area contributed by atoms with Crippen LogP contribution in [0.25, 0.3) is 0 Å². The molecule has 2 N–H and O–H groups in total. The third-order valence-electron chi connectivity index (χ3n) is 2.97. The van der Waals surface area contributed by atoms with Crippen molar-refractivity contribution >= 4 is 0 Å². The van der Waals surface area contributed by atoms with Gasteiger partial charge in [0.25, 0.3) is 0 Å². The summed E-state index contributed by atoms with van der Waals surface area (Å²) in [5.41, 5.74) is 0.416. The normalized spacial score (nSPS) is 16.7. The standard InChI is InChI=1S/C12H28N2/c1-10(7-13-6)8-14-9-11(2)12(3,4)5/h10-11,13-14H,7-9H2,1-6H3. The van der Waals surface area contributed by atoms with Crippen LogP contribution in [-0.4, -0.2) is 26.7 Å². The van der Waals surface area contributed by atoms with E-state index in [1.165, 1.54) is 0 Å². The van der Waals surface area contributed by atoms with Crippen LogP contribution in [0.4, 0.5) is 0 Å². The van der Waals surface area contributed by atoms with E-state index in [4.69, 9.17) is 0 Å². The first kappa shape index (κ1) is 13.9. The second-order valence-corrected chi connectivity index (χ2v) is 5.59. The van der Waals surface area contributed by atoms with Gasteiger partial charge in [-0.05, 0) is 43.9 Å². The maximum atomic E-state index is 3.54. The summed E-state index contributed by atoms with van der Waals surface area (Å²) in [6.45, 7) is 14.8. The van der Waals surface area contributed by atoms with Crippen LogP contribution in [0, 0.1) is 17.3 Å². The van der Waals surface area contributed by atoms with Crippen LogP contribution < -0.4 is 10.6 Å². The molecular formula is C12H28N2. The minimum atomic E-state index is 0.416. The highest BCUT2D eigenvalue weighted by Gasteiger charge is 2.19. The van der Waals surface area contributed by atoms with E-state index in [0.29, 0.717) is 11.3 Å². The van der Waals surface area contributed by atoms with Crippen LogP contribution in [0.3, 0.4) is 0 Å². The Labute approximate surface area is 89.9 Å². The first-order chi connectivity index (χ1) is 6.38. The van der Waals surface area contributed by atoms with Crippen LogP contribution in [0.1, 0.15) is 34.6 Å². The van der Waals surface area contributed by atoms with E-state index in [2.05, 4.69) is 45.3 Å². The van der Waals surface area contributed by atoms with Crippen LogP contribution in [-0.2, 0) is 0 Å². The molecule has 0 aromatic heterocycles. The fraction of sp³-hybridized carbons (Fsp3) is 1.00. The summed E-state index contributed by atoms with van der Waals surface area (Å²) in [5, 5.41) is 6.73. The van der Waals surface area contributed by atoms with E-state index in [-0.39, 0.29) is 0 Å². The summed E-state index contributed by atoms with van der Waals surface area (Å²) < 4.78 is 0. The van der Waals surface area contributed by atoms with Crippen molar-refractivity contribution in [3.05, 3.63) is 0 Å². The Kier molecular flexibility index (Phi) is 6.38. The molecule has 2 atom stereocenters. The zero-order valence-corrected chi connectivity index (χ0v) is 10.8. The fourth-order valence-corrected chi connectivity index (χ4v) is 1.27. The van der Waals surface area contributed by atoms with Crippen molar-refractivity contribution in [2.45, 2.75) is 34.6 Å². The van der Waals surface area contributed by atoms with Crippen LogP contribution >= 0.6 is 0 Å². The summed E-state index contributed by atoms with van der Waals surface area (Å²) in [6, 6.07) is 0. The molecule has 0 radical (unpaired) electrons. The molecule has 0 aromatic carbocycles. The molecule has 0 aliphatic rings. The molecule has 2 nitrogen and oxygen atoms in total. The van der Waals surface area contributed by atoms with Gasteiger partial charge in [-0.2, -0.15) is 0 Å². The summed E-state index contributed by atoms with van der Waals surface area (Å²) in [4.78, 5) is 0. The van der Waals surface area contributed by atoms with Gasteiger partial charge in [0, 0.05) is 0 Å². The molecule has 0 amide bonds. The molecule has 2 heteroatoms. The van der Waals surface area contributed by atoms with Gasteiger partial charge >= 0.3 is 0 Å². The zero-order chi connectivity index (χ0) is 11.2. The topological polar surface area (TPSA) is 24.1 Å². The second-order valence-electron chi connectivity index (χ2n) is 5.59. The Morgan fingerprint density at radius 1 is 1.00 bits per heavy atom. The van der Waals surface area contributed by atoms with Gasteiger partial charge < -0.3 is 10.6 Å². The van der Waals surface area contributed by atoms with E-state index in [1.807, 2.05) is 7.05 Å². The van der Waals surface area contributed by atoms with E-state index in [9.17, 15) is 0 Å². The van der Waals surface area contributed by atoms with Gasteiger partial charge in [0.2, 0.25) is 0 Å². The number of hydrogen-bond donors (Lipinski definition) is 2. The molecule has 0 fully saturated rings. The molecule has 0 heterocycles. The molecule has 2 unspecified atom stereocenters. The van der Waals surface area contributed by atoms with Gasteiger partial charge in [-0.25, -0.2) is 0 Å². The second kappa shape index (κ2) is 6.41. The zero-order valence-electron chi connectivity index (χ0n) is 10.8. The molecule has 0 rings (SSSR count). The van der Waals surface area contributed by atoms with Gasteiger partial charge in [-0.1, -0.05) is 34.6 Å². The van der Waals surface area contributed by atoms with Crippen molar-refractivity contribution in [3.63, 3.8) is 0 Å². The third-order valence-corrected chi connectivity index (χ3v) is 2.97. The first-order valence-electron chi connectivity index (χ1n) is 5.73. The molecule has 14 heavy (non-hydrogen) atoms. The maximum Gasteiger partial charge on any atom is -0.00109 e. The highest BCUT2D eigenvalue weighted by Crippen LogP contribution is 2.24. The van der Waals surface area contributed by atoms with Gasteiger partial charge in [0.15, 0.2) is 0 Å². The van der Waals surface area contributed by atoms with Crippen molar-refractivity contribution < 1.29 is 0 Å². The highest BCUT2D eigenvalue weighted by atomic mass is 14.9. The van der Waals surface area contributed by atoms with E-state index in [0.717, 1.165) is 25.6 Å². The average Bonchev–Trinajstić information content (AvgIpc) is 2.02. The van der Waals surface area contributed by atoms with Crippen molar-refractivity contribution in [1.29, 1.82) is 0 Å². The first-order valence-corrected chi connectivity index (χ1v) is 5.73. The van der Waals surface area contributed by atoms with Crippen LogP contribution in [0.2, 0.25) is 0 Å². The molecule has 0 bridgehead atoms. The predicted molar refractivity (Wildman–Crippen MR) is 64.6 cm³/mol. The quantitative estimate of drug-likeness (QED) is 0.686. The Morgan fingerprint density at radius 2 is 1.57 bits per heavy atom. The SMILES string of the molecule is CNCC(C)CNCC(C)C(C)(C)C. The molecular weight excluding hydrogens is 172 g/mol. The van der Waals surface area contributed by atoms with Gasteiger partial charge in [0.1, 0.15) is 0 Å². The lowest BCUT2D eigenvalue weighted by Crippen LogP contribution is -2.34. The Morgan fingerprint density at radius 3 is 2.00 bits per heavy atom. The van der Waals surface area contributed by atoms with Gasteiger partial charge in [-0.15, -0.1) is 0 Å². The summed E-state index contributed by atoms with van der Waals surface area (Å²) in [5.74, 6) is 1.44. The molecule has 0 aliphatic heterocycles. The Bertz CT molecular complexity index is 138. The Hall–Kier alpha value is -0.0800. The highest BCUT2D eigenvalue weighted by molar-refractivity contribution is 4.72. The van der Waals surface area contributed by atoms with E-state index < -0.39 is 0 Å². The van der Waals surface area contributed by atoms with Crippen molar-refractivity contribution in [2.24, 2.45) is 17.3 Å². The smallest absolute Gasteiger partial charge is 0.00109 e. The van der Waals surface area contributed by atoms with Crippen molar-refractivity contribution in [2.75, 3.05) is 26.7 Å². The lowest BCUT2D eigenvalue weighted by Gasteiger charge is -2.28. The predicted octanol–water partition coefficient (Wildman–Crippen LogP) is 2.11. The molecule has 0 aromatic rings. The van der Waals surface area contributed by atoms with Gasteiger partial charge in [-0.3, -0.25) is 0 Å². The van der Waals surface area contributed by atoms with Crippen molar-refractivity contribution in [3.8, 4) is 0 Å². The maximum absolute atomic E-state index is 3.54. The minimum Gasteiger partial charge on any atom is -0.319 e. The molecule has 0 saturated carbocycles. The lowest BCUT2D eigenvalue weighted by molar-refractivity contribution is 0.249. The molecule has 0 aliphatic carbocycles. The van der Waals surface area contributed by atoms with Crippen LogP contribution in [0.15, 0.2) is 0 Å². The minimum absolute atomic E-state index is 0.416. The third kappa shape index (κ3) is 6.39. The number of rotatable bonds is 6. The number of nitrogens with one attached hydrogen (secondary N) is 2. The monoisotopic (exact) mass is 200 g/mol. The van der Waals surface area contributed by atoms with E-state index >= 15 is 0 Å². The van der Waals surface area contributed by atoms with Crippen LogP contribution in [0.5, 0.6) is 0 Å². The Balaban J connectivity index is 3.54. The molecule has 0 spiro atoms. The lowest BCUT2D eigenvalue weighted by atomic mass is 9.82. The van der Waals surface area contributed by atoms with Gasteiger partial charge in [0.05, 0.1) is 0 Å². The summed E-state index contributed by atoms with van der Waals surface area (Å²) >= 11 is 0.